The molecule has 1 aliphatic heterocycles. The normalized spacial score (nSPS) is 17.3. The Kier molecular flexibility index (Phi) is 5.26. The maximum absolute atomic E-state index is 13.5. The molecule has 1 atom stereocenters. The van der Waals surface area contributed by atoms with Crippen molar-refractivity contribution in [1.29, 1.82) is 0 Å². The van der Waals surface area contributed by atoms with Crippen LogP contribution in [0.25, 0.3) is 0 Å². The van der Waals surface area contributed by atoms with Crippen molar-refractivity contribution >= 4 is 5.91 Å². The molecular formula is C20H23FN2O. The number of nitrogens with one attached hydrogen (secondary N) is 1. The minimum Gasteiger partial charge on any atom is -0.355 e. The number of rotatable bonds is 5. The van der Waals surface area contributed by atoms with Gasteiger partial charge in [0, 0.05) is 19.1 Å². The number of fused-ring (bicyclic) bond motifs is 1. The van der Waals surface area contributed by atoms with E-state index in [-0.39, 0.29) is 17.8 Å². The summed E-state index contributed by atoms with van der Waals surface area (Å²) in [4.78, 5) is 14.3. The Bertz CT molecular complexity index is 702. The molecule has 24 heavy (non-hydrogen) atoms. The Balaban J connectivity index is 1.51. The largest absolute Gasteiger partial charge is 0.355 e. The summed E-state index contributed by atoms with van der Waals surface area (Å²) in [6.45, 7) is 3.85. The van der Waals surface area contributed by atoms with Crippen LogP contribution in [0.15, 0.2) is 48.5 Å². The highest BCUT2D eigenvalue weighted by atomic mass is 19.1. The van der Waals surface area contributed by atoms with Crippen LogP contribution in [-0.4, -0.2) is 30.4 Å². The minimum atomic E-state index is -0.213. The van der Waals surface area contributed by atoms with E-state index in [9.17, 15) is 9.18 Å². The summed E-state index contributed by atoms with van der Waals surface area (Å²) in [6.07, 6.45) is 1.69. The van der Waals surface area contributed by atoms with Crippen molar-refractivity contribution in [3.63, 3.8) is 0 Å². The number of benzene rings is 2. The molecule has 1 amide bonds. The molecule has 0 saturated heterocycles. The maximum atomic E-state index is 13.5. The standard InChI is InChI=1S/C20H23FN2O/c1-15-19-13-18(21)8-7-17(19)10-12-23(15)14-20(24)22-11-9-16-5-3-2-4-6-16/h2-8,13,15H,9-12,14H2,1H3,(H,22,24). The molecule has 0 spiro atoms. The summed E-state index contributed by atoms with van der Waals surface area (Å²) in [7, 11) is 0. The van der Waals surface area contributed by atoms with Gasteiger partial charge in [0.2, 0.25) is 5.91 Å². The smallest absolute Gasteiger partial charge is 0.234 e. The molecule has 0 radical (unpaired) electrons. The monoisotopic (exact) mass is 326 g/mol. The Hall–Kier alpha value is -2.20. The molecule has 1 unspecified atom stereocenters. The lowest BCUT2D eigenvalue weighted by atomic mass is 9.93. The molecule has 1 aliphatic rings. The van der Waals surface area contributed by atoms with E-state index in [4.69, 9.17) is 0 Å². The second-order valence-electron chi connectivity index (χ2n) is 6.33. The van der Waals surface area contributed by atoms with Crippen LogP contribution in [0.3, 0.4) is 0 Å². The molecule has 0 bridgehead atoms. The lowest BCUT2D eigenvalue weighted by Gasteiger charge is -2.34. The summed E-state index contributed by atoms with van der Waals surface area (Å²) in [5.74, 6) is -0.188. The van der Waals surface area contributed by atoms with Gasteiger partial charge in [0.25, 0.3) is 0 Å². The van der Waals surface area contributed by atoms with Gasteiger partial charge < -0.3 is 5.32 Å². The van der Waals surface area contributed by atoms with Crippen molar-refractivity contribution in [3.05, 3.63) is 71.0 Å². The SMILES string of the molecule is CC1c2cc(F)ccc2CCN1CC(=O)NCCc1ccccc1. The third-order valence-corrected chi connectivity index (χ3v) is 4.70. The quantitative estimate of drug-likeness (QED) is 0.916. The third-order valence-electron chi connectivity index (χ3n) is 4.70. The Morgan fingerprint density at radius 3 is 2.83 bits per heavy atom. The van der Waals surface area contributed by atoms with Crippen LogP contribution in [0.5, 0.6) is 0 Å². The van der Waals surface area contributed by atoms with Crippen molar-refractivity contribution in [1.82, 2.24) is 10.2 Å². The van der Waals surface area contributed by atoms with E-state index in [0.29, 0.717) is 13.1 Å². The number of hydrogen-bond donors (Lipinski definition) is 1. The lowest BCUT2D eigenvalue weighted by molar-refractivity contribution is -0.122. The minimum absolute atomic E-state index is 0.0256. The van der Waals surface area contributed by atoms with Gasteiger partial charge in [0.15, 0.2) is 0 Å². The van der Waals surface area contributed by atoms with Crippen LogP contribution in [0.4, 0.5) is 4.39 Å². The average Bonchev–Trinajstić information content (AvgIpc) is 2.59. The fourth-order valence-corrected chi connectivity index (χ4v) is 3.28. The number of carbonyl (C=O) groups excluding carboxylic acids is 1. The fraction of sp³-hybridized carbons (Fsp3) is 0.350. The van der Waals surface area contributed by atoms with Crippen LogP contribution >= 0.6 is 0 Å². The van der Waals surface area contributed by atoms with E-state index >= 15 is 0 Å². The zero-order valence-corrected chi connectivity index (χ0v) is 14.0. The summed E-state index contributed by atoms with van der Waals surface area (Å²) in [5.41, 5.74) is 3.40. The van der Waals surface area contributed by atoms with Crippen molar-refractivity contribution < 1.29 is 9.18 Å². The fourth-order valence-electron chi connectivity index (χ4n) is 3.28. The zero-order chi connectivity index (χ0) is 16.9. The van der Waals surface area contributed by atoms with E-state index in [2.05, 4.69) is 22.3 Å². The van der Waals surface area contributed by atoms with Crippen molar-refractivity contribution in [2.75, 3.05) is 19.6 Å². The first-order valence-corrected chi connectivity index (χ1v) is 8.46. The Labute approximate surface area is 142 Å². The molecule has 1 N–H and O–H groups in total. The highest BCUT2D eigenvalue weighted by Gasteiger charge is 2.25. The van der Waals surface area contributed by atoms with Gasteiger partial charge in [0.05, 0.1) is 6.54 Å². The van der Waals surface area contributed by atoms with Gasteiger partial charge >= 0.3 is 0 Å². The predicted octanol–water partition coefficient (Wildman–Crippen LogP) is 3.10. The van der Waals surface area contributed by atoms with Crippen LogP contribution in [-0.2, 0) is 17.6 Å². The molecule has 1 heterocycles. The molecule has 126 valence electrons. The molecule has 2 aromatic rings. The molecule has 4 heteroatoms. The number of nitrogens with zero attached hydrogens (tertiary/aromatic N) is 1. The number of hydrogen-bond acceptors (Lipinski definition) is 2. The van der Waals surface area contributed by atoms with Crippen molar-refractivity contribution in [2.45, 2.75) is 25.8 Å². The van der Waals surface area contributed by atoms with E-state index in [1.165, 1.54) is 17.2 Å². The number of amides is 1. The van der Waals surface area contributed by atoms with Gasteiger partial charge in [-0.3, -0.25) is 9.69 Å². The van der Waals surface area contributed by atoms with Gasteiger partial charge in [-0.1, -0.05) is 36.4 Å². The van der Waals surface area contributed by atoms with E-state index in [1.54, 1.807) is 6.07 Å². The summed E-state index contributed by atoms with van der Waals surface area (Å²) >= 11 is 0. The first-order chi connectivity index (χ1) is 11.6. The second kappa shape index (κ2) is 7.58. The molecule has 0 fully saturated rings. The van der Waals surface area contributed by atoms with Crippen LogP contribution in [0, 0.1) is 5.82 Å². The Morgan fingerprint density at radius 2 is 2.04 bits per heavy atom. The summed E-state index contributed by atoms with van der Waals surface area (Å²) in [6, 6.07) is 15.1. The zero-order valence-electron chi connectivity index (χ0n) is 14.0. The molecule has 0 aliphatic carbocycles. The van der Waals surface area contributed by atoms with E-state index < -0.39 is 0 Å². The van der Waals surface area contributed by atoms with Crippen molar-refractivity contribution in [2.24, 2.45) is 0 Å². The molecular weight excluding hydrogens is 303 g/mol. The predicted molar refractivity (Wildman–Crippen MR) is 93.2 cm³/mol. The topological polar surface area (TPSA) is 32.3 Å². The third kappa shape index (κ3) is 4.01. The van der Waals surface area contributed by atoms with Crippen LogP contribution in [0.1, 0.15) is 29.7 Å². The molecule has 0 aromatic heterocycles. The van der Waals surface area contributed by atoms with Crippen LogP contribution < -0.4 is 5.32 Å². The van der Waals surface area contributed by atoms with Gasteiger partial charge in [-0.25, -0.2) is 4.39 Å². The second-order valence-corrected chi connectivity index (χ2v) is 6.33. The lowest BCUT2D eigenvalue weighted by Crippen LogP contribution is -2.42. The van der Waals surface area contributed by atoms with Gasteiger partial charge in [-0.2, -0.15) is 0 Å². The average molecular weight is 326 g/mol. The van der Waals surface area contributed by atoms with Crippen molar-refractivity contribution in [3.8, 4) is 0 Å². The van der Waals surface area contributed by atoms with Crippen LogP contribution in [0.2, 0.25) is 0 Å². The first kappa shape index (κ1) is 16.7. The van der Waals surface area contributed by atoms with Gasteiger partial charge in [-0.05, 0) is 48.6 Å². The summed E-state index contributed by atoms with van der Waals surface area (Å²) in [5, 5.41) is 2.98. The maximum Gasteiger partial charge on any atom is 0.234 e. The summed E-state index contributed by atoms with van der Waals surface area (Å²) < 4.78 is 13.5. The highest BCUT2D eigenvalue weighted by molar-refractivity contribution is 5.78. The van der Waals surface area contributed by atoms with E-state index in [1.807, 2.05) is 31.2 Å². The number of halogens is 1. The molecule has 2 aromatic carbocycles. The Morgan fingerprint density at radius 1 is 1.25 bits per heavy atom. The van der Waals surface area contributed by atoms with Gasteiger partial charge in [0.1, 0.15) is 5.82 Å². The van der Waals surface area contributed by atoms with Gasteiger partial charge in [-0.15, -0.1) is 0 Å². The van der Waals surface area contributed by atoms with E-state index in [0.717, 1.165) is 24.9 Å². The first-order valence-electron chi connectivity index (χ1n) is 8.46. The molecule has 0 saturated carbocycles. The number of carbonyl (C=O) groups is 1. The highest BCUT2D eigenvalue weighted by Crippen LogP contribution is 2.29. The molecule has 3 rings (SSSR count). The molecule has 3 nitrogen and oxygen atoms in total.